The van der Waals surface area contributed by atoms with Crippen LogP contribution in [0.4, 0.5) is 0 Å². The molecule has 2 amide bonds. The molecule has 2 fully saturated rings. The van der Waals surface area contributed by atoms with Crippen LogP contribution in [0.5, 0.6) is 0 Å². The summed E-state index contributed by atoms with van der Waals surface area (Å²) in [5.74, 6) is 0.0316. The van der Waals surface area contributed by atoms with E-state index in [4.69, 9.17) is 0 Å². The van der Waals surface area contributed by atoms with Gasteiger partial charge in [-0.05, 0) is 64.1 Å². The minimum atomic E-state index is -0.503. The zero-order chi connectivity index (χ0) is 25.8. The first-order valence-electron chi connectivity index (χ1n) is 13.2. The molecule has 0 aromatic carbocycles. The minimum absolute atomic E-state index is 0.0140. The molecule has 2 aromatic heterocycles. The molecule has 36 heavy (non-hydrogen) atoms. The van der Waals surface area contributed by atoms with Crippen molar-refractivity contribution in [1.29, 1.82) is 0 Å². The fourth-order valence-corrected chi connectivity index (χ4v) is 5.70. The van der Waals surface area contributed by atoms with Gasteiger partial charge in [0.1, 0.15) is 11.7 Å². The van der Waals surface area contributed by atoms with Crippen LogP contribution < -0.4 is 10.6 Å². The fourth-order valence-electron chi connectivity index (χ4n) is 5.70. The van der Waals surface area contributed by atoms with E-state index in [2.05, 4.69) is 22.2 Å². The van der Waals surface area contributed by atoms with Gasteiger partial charge in [-0.2, -0.15) is 0 Å². The number of likely N-dealkylation sites (N-methyl/N-ethyl adjacent to an activating group) is 1. The van der Waals surface area contributed by atoms with Crippen molar-refractivity contribution in [2.24, 2.45) is 5.92 Å². The van der Waals surface area contributed by atoms with Gasteiger partial charge < -0.3 is 20.1 Å². The lowest BCUT2D eigenvalue weighted by Gasteiger charge is -2.35. The molecule has 1 saturated carbocycles. The average molecular weight is 494 g/mol. The van der Waals surface area contributed by atoms with Crippen LogP contribution in [0.15, 0.2) is 25.0 Å². The van der Waals surface area contributed by atoms with E-state index in [-0.39, 0.29) is 35.6 Å². The number of nitrogens with zero attached hydrogens (tertiary/aromatic N) is 3. The van der Waals surface area contributed by atoms with E-state index in [0.29, 0.717) is 18.7 Å². The molecule has 3 heterocycles. The summed E-state index contributed by atoms with van der Waals surface area (Å²) < 4.78 is 2.01. The number of aromatic nitrogens is 2. The second-order valence-corrected chi connectivity index (χ2v) is 10.3. The summed E-state index contributed by atoms with van der Waals surface area (Å²) in [5, 5.41) is 6.88. The second kappa shape index (κ2) is 11.4. The molecule has 8 nitrogen and oxygen atoms in total. The van der Waals surface area contributed by atoms with E-state index in [1.165, 1.54) is 6.42 Å². The lowest BCUT2D eigenvalue weighted by atomic mass is 9.83. The monoisotopic (exact) mass is 493 g/mol. The Morgan fingerprint density at radius 1 is 1.19 bits per heavy atom. The fraction of sp³-hybridized carbons (Fsp3) is 0.571. The third-order valence-corrected chi connectivity index (χ3v) is 7.93. The first kappa shape index (κ1) is 26.1. The quantitative estimate of drug-likeness (QED) is 0.521. The van der Waals surface area contributed by atoms with Crippen LogP contribution in [0.25, 0.3) is 17.1 Å². The molecule has 0 bridgehead atoms. The van der Waals surface area contributed by atoms with Crippen LogP contribution in [0.3, 0.4) is 0 Å². The van der Waals surface area contributed by atoms with Crippen LogP contribution in [-0.4, -0.2) is 63.8 Å². The number of fused-ring (bicyclic) bond motifs is 1. The van der Waals surface area contributed by atoms with Crippen molar-refractivity contribution in [2.45, 2.75) is 83.5 Å². The molecular weight excluding hydrogens is 454 g/mol. The maximum atomic E-state index is 14.0. The number of carbonyl (C=O) groups excluding carboxylic acids is 3. The highest BCUT2D eigenvalue weighted by atomic mass is 16.2. The maximum Gasteiger partial charge on any atom is 0.245 e. The number of pyridine rings is 1. The highest BCUT2D eigenvalue weighted by Gasteiger charge is 2.39. The molecule has 8 heteroatoms. The van der Waals surface area contributed by atoms with E-state index in [1.807, 2.05) is 28.7 Å². The number of hydrogen-bond acceptors (Lipinski definition) is 5. The molecule has 0 unspecified atom stereocenters. The summed E-state index contributed by atoms with van der Waals surface area (Å²) in [4.78, 5) is 45.7. The number of carbonyl (C=O) groups is 3. The second-order valence-electron chi connectivity index (χ2n) is 10.3. The van der Waals surface area contributed by atoms with Gasteiger partial charge in [0.25, 0.3) is 0 Å². The number of hydrogen-bond donors (Lipinski definition) is 2. The van der Waals surface area contributed by atoms with Gasteiger partial charge in [0.15, 0.2) is 5.78 Å². The van der Waals surface area contributed by atoms with E-state index < -0.39 is 6.04 Å². The topological polar surface area (TPSA) is 96.3 Å². The minimum Gasteiger partial charge on any atom is -0.343 e. The summed E-state index contributed by atoms with van der Waals surface area (Å²) in [5.41, 5.74) is 2.23. The smallest absolute Gasteiger partial charge is 0.245 e. The predicted octanol–water partition coefficient (Wildman–Crippen LogP) is 3.55. The number of ketones is 1. The SMILES string of the molecule is C=Cc1cnc2c(c1)c(C(C)=O)cn2C[C@@H]1CCCN1C(=O)[C@@H](NC(=O)[C@H](C)NC)C1CCCCC1. The highest BCUT2D eigenvalue weighted by Crippen LogP contribution is 2.30. The van der Waals surface area contributed by atoms with Crippen molar-refractivity contribution in [3.05, 3.63) is 36.2 Å². The molecule has 1 saturated heterocycles. The number of nitrogens with one attached hydrogen (secondary N) is 2. The van der Waals surface area contributed by atoms with E-state index in [1.54, 1.807) is 26.2 Å². The van der Waals surface area contributed by atoms with Gasteiger partial charge >= 0.3 is 0 Å². The van der Waals surface area contributed by atoms with Crippen molar-refractivity contribution in [3.63, 3.8) is 0 Å². The highest BCUT2D eigenvalue weighted by molar-refractivity contribution is 6.06. The van der Waals surface area contributed by atoms with Crippen molar-refractivity contribution in [3.8, 4) is 0 Å². The number of Topliss-reactive ketones (excluding diaryl/α,β-unsaturated/α-hetero) is 1. The zero-order valence-electron chi connectivity index (χ0n) is 21.8. The Morgan fingerprint density at radius 3 is 2.61 bits per heavy atom. The Morgan fingerprint density at radius 2 is 1.94 bits per heavy atom. The molecule has 2 aliphatic rings. The van der Waals surface area contributed by atoms with Crippen LogP contribution in [0.1, 0.15) is 74.7 Å². The third-order valence-electron chi connectivity index (χ3n) is 7.93. The molecule has 2 N–H and O–H groups in total. The third kappa shape index (κ3) is 5.38. The molecule has 194 valence electrons. The van der Waals surface area contributed by atoms with Gasteiger partial charge in [0, 0.05) is 42.5 Å². The molecular formula is C28H39N5O3. The van der Waals surface area contributed by atoms with E-state index in [9.17, 15) is 14.4 Å². The zero-order valence-corrected chi connectivity index (χ0v) is 21.8. The van der Waals surface area contributed by atoms with E-state index >= 15 is 0 Å². The lowest BCUT2D eigenvalue weighted by molar-refractivity contribution is -0.139. The molecule has 4 rings (SSSR count). The van der Waals surface area contributed by atoms with Gasteiger partial charge in [0.2, 0.25) is 11.8 Å². The summed E-state index contributed by atoms with van der Waals surface area (Å²) in [6, 6.07) is 1.06. The first-order chi connectivity index (χ1) is 17.3. The molecule has 3 atom stereocenters. The Balaban J connectivity index is 1.59. The number of amides is 2. The van der Waals surface area contributed by atoms with Crippen molar-refractivity contribution >= 4 is 34.7 Å². The van der Waals surface area contributed by atoms with Crippen molar-refractivity contribution in [2.75, 3.05) is 13.6 Å². The normalized spacial score (nSPS) is 20.3. The van der Waals surface area contributed by atoms with Crippen LogP contribution in [0.2, 0.25) is 0 Å². The van der Waals surface area contributed by atoms with Crippen LogP contribution >= 0.6 is 0 Å². The van der Waals surface area contributed by atoms with Gasteiger partial charge in [-0.15, -0.1) is 0 Å². The lowest BCUT2D eigenvalue weighted by Crippen LogP contribution is -2.56. The summed E-state index contributed by atoms with van der Waals surface area (Å²) >= 11 is 0. The molecule has 1 aliphatic heterocycles. The van der Waals surface area contributed by atoms with Crippen LogP contribution in [-0.2, 0) is 16.1 Å². The average Bonchev–Trinajstić information content (AvgIpc) is 3.51. The van der Waals surface area contributed by atoms with E-state index in [0.717, 1.165) is 55.1 Å². The Kier molecular flexibility index (Phi) is 8.24. The first-order valence-corrected chi connectivity index (χ1v) is 13.2. The number of rotatable bonds is 9. The van der Waals surface area contributed by atoms with Gasteiger partial charge in [0.05, 0.1) is 6.04 Å². The largest absolute Gasteiger partial charge is 0.343 e. The Labute approximate surface area is 213 Å². The summed E-state index contributed by atoms with van der Waals surface area (Å²) in [6.07, 6.45) is 12.4. The van der Waals surface area contributed by atoms with Crippen molar-refractivity contribution in [1.82, 2.24) is 25.1 Å². The van der Waals surface area contributed by atoms with Crippen LogP contribution in [0, 0.1) is 5.92 Å². The molecule has 0 radical (unpaired) electrons. The standard InChI is InChI=1S/C28H39N5O3/c1-5-20-14-23-24(19(3)34)17-32(26(23)30-15-20)16-22-12-9-13-33(22)28(36)25(21-10-7-6-8-11-21)31-27(35)18(2)29-4/h5,14-15,17-18,21-22,25,29H,1,6-13,16H2,2-4H3,(H,31,35)/t18-,22-,25-/m0/s1. The Hall–Kier alpha value is -3.00. The molecule has 2 aromatic rings. The van der Waals surface area contributed by atoms with Gasteiger partial charge in [-0.3, -0.25) is 14.4 Å². The summed E-state index contributed by atoms with van der Waals surface area (Å²) in [6.45, 7) is 8.43. The van der Waals surface area contributed by atoms with Gasteiger partial charge in [-0.25, -0.2) is 4.98 Å². The summed E-state index contributed by atoms with van der Waals surface area (Å²) in [7, 11) is 1.75. The molecule has 1 aliphatic carbocycles. The Bertz CT molecular complexity index is 1130. The molecule has 0 spiro atoms. The van der Waals surface area contributed by atoms with Crippen molar-refractivity contribution < 1.29 is 14.4 Å². The maximum absolute atomic E-state index is 14.0. The number of likely N-dealkylation sites (tertiary alicyclic amines) is 1. The van der Waals surface area contributed by atoms with Gasteiger partial charge in [-0.1, -0.05) is 31.9 Å². The predicted molar refractivity (Wildman–Crippen MR) is 142 cm³/mol.